The van der Waals surface area contributed by atoms with Crippen LogP contribution in [-0.4, -0.2) is 53.8 Å². The summed E-state index contributed by atoms with van der Waals surface area (Å²) in [5.74, 6) is 0.740. The SMILES string of the molecule is CC(N)C1CCN(C(=O)CN2CCCC2=O)CC1. The van der Waals surface area contributed by atoms with Crippen molar-refractivity contribution in [2.45, 2.75) is 38.6 Å². The molecular formula is C13H23N3O2. The van der Waals surface area contributed by atoms with Gasteiger partial charge in [0.25, 0.3) is 0 Å². The van der Waals surface area contributed by atoms with Gasteiger partial charge in [0.15, 0.2) is 0 Å². The van der Waals surface area contributed by atoms with Crippen molar-refractivity contribution in [3.63, 3.8) is 0 Å². The number of rotatable bonds is 3. The number of carbonyl (C=O) groups excluding carboxylic acids is 2. The number of likely N-dealkylation sites (tertiary alicyclic amines) is 2. The Bertz CT molecular complexity index is 322. The maximum absolute atomic E-state index is 12.1. The molecule has 1 unspecified atom stereocenters. The lowest BCUT2D eigenvalue weighted by molar-refractivity contribution is -0.139. The van der Waals surface area contributed by atoms with E-state index in [9.17, 15) is 9.59 Å². The van der Waals surface area contributed by atoms with E-state index >= 15 is 0 Å². The van der Waals surface area contributed by atoms with Gasteiger partial charge in [-0.2, -0.15) is 0 Å². The third-order valence-corrected chi connectivity index (χ3v) is 4.13. The minimum Gasteiger partial charge on any atom is -0.341 e. The van der Waals surface area contributed by atoms with E-state index in [1.807, 2.05) is 11.8 Å². The predicted molar refractivity (Wildman–Crippen MR) is 68.8 cm³/mol. The summed E-state index contributed by atoms with van der Waals surface area (Å²) in [6.45, 7) is 4.60. The summed E-state index contributed by atoms with van der Waals surface area (Å²) in [6.07, 6.45) is 3.45. The second-order valence-corrected chi connectivity index (χ2v) is 5.50. The van der Waals surface area contributed by atoms with Crippen LogP contribution in [0.5, 0.6) is 0 Å². The van der Waals surface area contributed by atoms with Crippen LogP contribution in [-0.2, 0) is 9.59 Å². The monoisotopic (exact) mass is 253 g/mol. The molecule has 5 nitrogen and oxygen atoms in total. The standard InChI is InChI=1S/C13H23N3O2/c1-10(14)11-4-7-15(8-5-11)13(18)9-16-6-2-3-12(16)17/h10-11H,2-9,14H2,1H3. The average molecular weight is 253 g/mol. The van der Waals surface area contributed by atoms with Gasteiger partial charge < -0.3 is 15.5 Å². The molecular weight excluding hydrogens is 230 g/mol. The minimum atomic E-state index is 0.0911. The summed E-state index contributed by atoms with van der Waals surface area (Å²) in [5.41, 5.74) is 5.88. The zero-order chi connectivity index (χ0) is 13.1. The largest absolute Gasteiger partial charge is 0.341 e. The average Bonchev–Trinajstić information content (AvgIpc) is 2.75. The van der Waals surface area contributed by atoms with E-state index in [0.29, 0.717) is 12.3 Å². The van der Waals surface area contributed by atoms with Gasteiger partial charge in [0.2, 0.25) is 11.8 Å². The molecule has 0 aliphatic carbocycles. The molecule has 2 N–H and O–H groups in total. The van der Waals surface area contributed by atoms with E-state index in [1.54, 1.807) is 4.90 Å². The lowest BCUT2D eigenvalue weighted by Crippen LogP contribution is -2.46. The Morgan fingerprint density at radius 2 is 2.06 bits per heavy atom. The van der Waals surface area contributed by atoms with Gasteiger partial charge in [0, 0.05) is 32.1 Å². The van der Waals surface area contributed by atoms with E-state index in [4.69, 9.17) is 5.73 Å². The maximum atomic E-state index is 12.1. The number of nitrogens with zero attached hydrogens (tertiary/aromatic N) is 2. The van der Waals surface area contributed by atoms with Crippen molar-refractivity contribution in [2.24, 2.45) is 11.7 Å². The zero-order valence-corrected chi connectivity index (χ0v) is 11.1. The molecule has 0 bridgehead atoms. The van der Waals surface area contributed by atoms with Crippen molar-refractivity contribution in [2.75, 3.05) is 26.2 Å². The van der Waals surface area contributed by atoms with Crippen LogP contribution in [0, 0.1) is 5.92 Å². The number of hydrogen-bond acceptors (Lipinski definition) is 3. The molecule has 2 aliphatic heterocycles. The third-order valence-electron chi connectivity index (χ3n) is 4.13. The first-order valence-electron chi connectivity index (χ1n) is 6.89. The van der Waals surface area contributed by atoms with Gasteiger partial charge in [-0.3, -0.25) is 9.59 Å². The number of amides is 2. The minimum absolute atomic E-state index is 0.0911. The molecule has 0 aromatic heterocycles. The van der Waals surface area contributed by atoms with Crippen LogP contribution >= 0.6 is 0 Å². The fraction of sp³-hybridized carbons (Fsp3) is 0.846. The van der Waals surface area contributed by atoms with Gasteiger partial charge in [-0.05, 0) is 32.1 Å². The van der Waals surface area contributed by atoms with E-state index < -0.39 is 0 Å². The molecule has 0 aromatic carbocycles. The molecule has 0 radical (unpaired) electrons. The molecule has 1 atom stereocenters. The van der Waals surface area contributed by atoms with Crippen molar-refractivity contribution in [1.29, 1.82) is 0 Å². The summed E-state index contributed by atoms with van der Waals surface area (Å²) in [5, 5.41) is 0. The second kappa shape index (κ2) is 5.69. The zero-order valence-electron chi connectivity index (χ0n) is 11.1. The third kappa shape index (κ3) is 3.02. The molecule has 2 amide bonds. The summed E-state index contributed by atoms with van der Waals surface area (Å²) in [4.78, 5) is 27.1. The van der Waals surface area contributed by atoms with Crippen LogP contribution in [0.1, 0.15) is 32.6 Å². The van der Waals surface area contributed by atoms with Crippen LogP contribution in [0.15, 0.2) is 0 Å². The van der Waals surface area contributed by atoms with Crippen molar-refractivity contribution >= 4 is 11.8 Å². The fourth-order valence-electron chi connectivity index (χ4n) is 2.81. The Morgan fingerprint density at radius 3 is 2.56 bits per heavy atom. The first kappa shape index (κ1) is 13.3. The molecule has 2 aliphatic rings. The summed E-state index contributed by atoms with van der Waals surface area (Å²) in [6, 6.07) is 0.211. The van der Waals surface area contributed by atoms with Crippen LogP contribution in [0.4, 0.5) is 0 Å². The normalized spacial score (nSPS) is 23.6. The quantitative estimate of drug-likeness (QED) is 0.781. The highest BCUT2D eigenvalue weighted by Gasteiger charge is 2.28. The molecule has 18 heavy (non-hydrogen) atoms. The molecule has 0 aromatic rings. The van der Waals surface area contributed by atoms with Crippen molar-refractivity contribution in [3.05, 3.63) is 0 Å². The highest BCUT2D eigenvalue weighted by molar-refractivity contribution is 5.85. The Hall–Kier alpha value is -1.10. The lowest BCUT2D eigenvalue weighted by Gasteiger charge is -2.34. The van der Waals surface area contributed by atoms with Gasteiger partial charge in [-0.25, -0.2) is 0 Å². The fourth-order valence-corrected chi connectivity index (χ4v) is 2.81. The number of piperidine rings is 1. The van der Waals surface area contributed by atoms with E-state index in [1.165, 1.54) is 0 Å². The van der Waals surface area contributed by atoms with Crippen molar-refractivity contribution < 1.29 is 9.59 Å². The van der Waals surface area contributed by atoms with Crippen molar-refractivity contribution in [1.82, 2.24) is 9.80 Å². The molecule has 2 saturated heterocycles. The second-order valence-electron chi connectivity index (χ2n) is 5.50. The molecule has 0 saturated carbocycles. The van der Waals surface area contributed by atoms with Gasteiger partial charge in [-0.15, -0.1) is 0 Å². The van der Waals surface area contributed by atoms with Gasteiger partial charge in [0.1, 0.15) is 0 Å². The van der Waals surface area contributed by atoms with E-state index in [-0.39, 0.29) is 24.4 Å². The molecule has 0 spiro atoms. The van der Waals surface area contributed by atoms with Crippen LogP contribution < -0.4 is 5.73 Å². The number of hydrogen-bond donors (Lipinski definition) is 1. The van der Waals surface area contributed by atoms with Gasteiger partial charge in [-0.1, -0.05) is 0 Å². The maximum Gasteiger partial charge on any atom is 0.242 e. The van der Waals surface area contributed by atoms with E-state index in [0.717, 1.165) is 38.9 Å². The smallest absolute Gasteiger partial charge is 0.242 e. The van der Waals surface area contributed by atoms with Crippen LogP contribution in [0.3, 0.4) is 0 Å². The lowest BCUT2D eigenvalue weighted by atomic mass is 9.91. The number of carbonyl (C=O) groups is 2. The Morgan fingerprint density at radius 1 is 1.39 bits per heavy atom. The number of nitrogens with two attached hydrogens (primary N) is 1. The molecule has 102 valence electrons. The molecule has 2 heterocycles. The first-order valence-corrected chi connectivity index (χ1v) is 6.89. The molecule has 5 heteroatoms. The van der Waals surface area contributed by atoms with Crippen LogP contribution in [0.25, 0.3) is 0 Å². The molecule has 2 fully saturated rings. The Kier molecular flexibility index (Phi) is 4.22. The van der Waals surface area contributed by atoms with E-state index in [2.05, 4.69) is 0 Å². The van der Waals surface area contributed by atoms with Gasteiger partial charge in [0.05, 0.1) is 6.54 Å². The van der Waals surface area contributed by atoms with Crippen LogP contribution in [0.2, 0.25) is 0 Å². The summed E-state index contributed by atoms with van der Waals surface area (Å²) < 4.78 is 0. The highest BCUT2D eigenvalue weighted by Crippen LogP contribution is 2.20. The molecule has 2 rings (SSSR count). The van der Waals surface area contributed by atoms with Crippen molar-refractivity contribution in [3.8, 4) is 0 Å². The Balaban J connectivity index is 1.79. The topological polar surface area (TPSA) is 66.6 Å². The highest BCUT2D eigenvalue weighted by atomic mass is 16.2. The summed E-state index contributed by atoms with van der Waals surface area (Å²) in [7, 11) is 0. The predicted octanol–water partition coefficient (Wildman–Crippen LogP) is 0.195. The summed E-state index contributed by atoms with van der Waals surface area (Å²) >= 11 is 0. The van der Waals surface area contributed by atoms with Gasteiger partial charge >= 0.3 is 0 Å². The first-order chi connectivity index (χ1) is 8.58. The Labute approximate surface area is 108 Å².